The van der Waals surface area contributed by atoms with Crippen LogP contribution in [0.5, 0.6) is 0 Å². The maximum Gasteiger partial charge on any atom is 0.249 e. The number of carbonyl (C=O) groups excluding carboxylic acids is 1. The monoisotopic (exact) mass is 419 g/mol. The smallest absolute Gasteiger partial charge is 0.249 e. The van der Waals surface area contributed by atoms with Crippen LogP contribution < -0.4 is 15.1 Å². The molecule has 31 heavy (non-hydrogen) atoms. The minimum absolute atomic E-state index is 0.0963. The molecule has 0 spiro atoms. The van der Waals surface area contributed by atoms with E-state index in [-0.39, 0.29) is 23.9 Å². The van der Waals surface area contributed by atoms with Gasteiger partial charge in [-0.3, -0.25) is 9.89 Å². The normalized spacial score (nSPS) is 16.3. The lowest BCUT2D eigenvalue weighted by atomic mass is 10.0. The molecule has 2 aromatic heterocycles. The van der Waals surface area contributed by atoms with Gasteiger partial charge in [-0.25, -0.2) is 9.97 Å². The summed E-state index contributed by atoms with van der Waals surface area (Å²) in [6, 6.07) is 7.83. The van der Waals surface area contributed by atoms with E-state index in [9.17, 15) is 4.79 Å². The molecule has 8 heteroatoms. The number of nitrogens with one attached hydrogen (secondary N) is 2. The van der Waals surface area contributed by atoms with Gasteiger partial charge in [-0.15, -0.1) is 0 Å². The van der Waals surface area contributed by atoms with Gasteiger partial charge in [-0.1, -0.05) is 13.8 Å². The highest BCUT2D eigenvalue weighted by Gasteiger charge is 2.34. The minimum atomic E-state index is -0.220. The molecule has 162 valence electrons. The van der Waals surface area contributed by atoms with Gasteiger partial charge < -0.3 is 15.1 Å². The number of aromatic nitrogens is 4. The van der Waals surface area contributed by atoms with Crippen molar-refractivity contribution in [2.24, 2.45) is 0 Å². The number of hydrogen-bond donors (Lipinski definition) is 2. The molecule has 3 heterocycles. The summed E-state index contributed by atoms with van der Waals surface area (Å²) in [5.74, 6) is 0.897. The first-order valence-electron chi connectivity index (χ1n) is 10.6. The SMILES string of the molecule is CC(C)c1n[nH]cc1-c1ccnc(Nc2ccc3c(c2)N(C(C)C)[C@H](C)C(=O)N3C)n1. The van der Waals surface area contributed by atoms with Crippen LogP contribution in [0, 0.1) is 0 Å². The van der Waals surface area contributed by atoms with Crippen LogP contribution in [0.25, 0.3) is 11.3 Å². The Bertz CT molecular complexity index is 1100. The third kappa shape index (κ3) is 3.73. The van der Waals surface area contributed by atoms with Crippen molar-refractivity contribution >= 4 is 28.9 Å². The van der Waals surface area contributed by atoms with Gasteiger partial charge in [-0.05, 0) is 51.0 Å². The number of benzene rings is 1. The second-order valence-corrected chi connectivity index (χ2v) is 8.51. The number of H-pyrrole nitrogens is 1. The Morgan fingerprint density at radius 1 is 1.13 bits per heavy atom. The number of rotatable bonds is 5. The first-order chi connectivity index (χ1) is 14.8. The Morgan fingerprint density at radius 2 is 1.90 bits per heavy atom. The number of carbonyl (C=O) groups is 1. The lowest BCUT2D eigenvalue weighted by molar-refractivity contribution is -0.119. The van der Waals surface area contributed by atoms with Gasteiger partial charge in [-0.2, -0.15) is 5.10 Å². The zero-order valence-electron chi connectivity index (χ0n) is 18.8. The third-order valence-corrected chi connectivity index (χ3v) is 5.68. The second-order valence-electron chi connectivity index (χ2n) is 8.51. The van der Waals surface area contributed by atoms with Gasteiger partial charge in [0.25, 0.3) is 0 Å². The molecule has 0 unspecified atom stereocenters. The molecule has 3 aromatic rings. The molecule has 0 bridgehead atoms. The first-order valence-corrected chi connectivity index (χ1v) is 10.6. The maximum absolute atomic E-state index is 12.6. The maximum atomic E-state index is 12.6. The quantitative estimate of drug-likeness (QED) is 0.640. The molecule has 0 aliphatic carbocycles. The van der Waals surface area contributed by atoms with Crippen molar-refractivity contribution in [3.8, 4) is 11.3 Å². The molecule has 1 aliphatic rings. The molecular weight excluding hydrogens is 390 g/mol. The fourth-order valence-electron chi connectivity index (χ4n) is 4.19. The van der Waals surface area contributed by atoms with Gasteiger partial charge in [0.15, 0.2) is 0 Å². The summed E-state index contributed by atoms with van der Waals surface area (Å²) in [6.45, 7) is 10.4. The highest BCUT2D eigenvalue weighted by atomic mass is 16.2. The summed E-state index contributed by atoms with van der Waals surface area (Å²) in [5.41, 5.74) is 5.56. The summed E-state index contributed by atoms with van der Waals surface area (Å²) in [6.07, 6.45) is 3.62. The number of amides is 1. The van der Waals surface area contributed by atoms with E-state index in [0.29, 0.717) is 5.95 Å². The van der Waals surface area contributed by atoms with Gasteiger partial charge in [0, 0.05) is 36.7 Å². The van der Waals surface area contributed by atoms with Crippen LogP contribution in [0.4, 0.5) is 23.0 Å². The van der Waals surface area contributed by atoms with Crippen LogP contribution in [0.2, 0.25) is 0 Å². The average Bonchev–Trinajstić information content (AvgIpc) is 3.22. The summed E-state index contributed by atoms with van der Waals surface area (Å²) >= 11 is 0. The zero-order chi connectivity index (χ0) is 22.3. The third-order valence-electron chi connectivity index (χ3n) is 5.68. The van der Waals surface area contributed by atoms with Crippen molar-refractivity contribution in [3.63, 3.8) is 0 Å². The van der Waals surface area contributed by atoms with E-state index in [2.05, 4.69) is 59.2 Å². The van der Waals surface area contributed by atoms with Crippen LogP contribution in [-0.4, -0.2) is 45.2 Å². The number of aromatic amines is 1. The second kappa shape index (κ2) is 8.02. The van der Waals surface area contributed by atoms with E-state index in [0.717, 1.165) is 34.0 Å². The van der Waals surface area contributed by atoms with E-state index in [1.54, 1.807) is 11.1 Å². The molecule has 1 aromatic carbocycles. The van der Waals surface area contributed by atoms with Crippen molar-refractivity contribution in [2.45, 2.75) is 52.6 Å². The predicted octanol–water partition coefficient (Wildman–Crippen LogP) is 4.31. The molecule has 1 amide bonds. The number of nitrogens with zero attached hydrogens (tertiary/aromatic N) is 5. The summed E-state index contributed by atoms with van der Waals surface area (Å²) in [5, 5.41) is 10.6. The van der Waals surface area contributed by atoms with Crippen LogP contribution >= 0.6 is 0 Å². The standard InChI is InChI=1S/C23H29N7O/c1-13(2)21-17(12-25-28-21)18-9-10-24-23(27-18)26-16-7-8-19-20(11-16)30(14(3)4)15(5)22(31)29(19)6/h7-15H,1-6H3,(H,25,28)(H,24,26,27)/t15-/m1/s1. The molecule has 2 N–H and O–H groups in total. The highest BCUT2D eigenvalue weighted by molar-refractivity contribution is 6.05. The molecule has 1 atom stereocenters. The van der Waals surface area contributed by atoms with Gasteiger partial charge in [0.2, 0.25) is 11.9 Å². The summed E-state index contributed by atoms with van der Waals surface area (Å²) in [7, 11) is 1.83. The Kier molecular flexibility index (Phi) is 5.39. The Labute approximate surface area is 182 Å². The Hall–Kier alpha value is -3.42. The molecule has 0 radical (unpaired) electrons. The van der Waals surface area contributed by atoms with Crippen molar-refractivity contribution < 1.29 is 4.79 Å². The van der Waals surface area contributed by atoms with Crippen molar-refractivity contribution in [3.05, 3.63) is 42.4 Å². The molecule has 1 aliphatic heterocycles. The van der Waals surface area contributed by atoms with Crippen LogP contribution in [-0.2, 0) is 4.79 Å². The first kappa shape index (κ1) is 20.8. The largest absolute Gasteiger partial charge is 0.356 e. The fourth-order valence-corrected chi connectivity index (χ4v) is 4.19. The summed E-state index contributed by atoms with van der Waals surface area (Å²) in [4.78, 5) is 25.6. The van der Waals surface area contributed by atoms with Crippen LogP contribution in [0.15, 0.2) is 36.7 Å². The van der Waals surface area contributed by atoms with Crippen molar-refractivity contribution in [2.75, 3.05) is 22.2 Å². The van der Waals surface area contributed by atoms with Gasteiger partial charge in [0.1, 0.15) is 6.04 Å². The molecule has 0 saturated heterocycles. The van der Waals surface area contributed by atoms with E-state index in [4.69, 9.17) is 4.98 Å². The Balaban J connectivity index is 1.67. The van der Waals surface area contributed by atoms with Crippen LogP contribution in [0.3, 0.4) is 0 Å². The molecular formula is C23H29N7O. The van der Waals surface area contributed by atoms with E-state index >= 15 is 0 Å². The lowest BCUT2D eigenvalue weighted by Crippen LogP contribution is -2.53. The molecule has 0 saturated carbocycles. The fraction of sp³-hybridized carbons (Fsp3) is 0.391. The van der Waals surface area contributed by atoms with Gasteiger partial charge in [0.05, 0.1) is 22.8 Å². The molecule has 0 fully saturated rings. The number of fused-ring (bicyclic) bond motifs is 1. The van der Waals surface area contributed by atoms with Gasteiger partial charge >= 0.3 is 0 Å². The Morgan fingerprint density at radius 3 is 2.61 bits per heavy atom. The predicted molar refractivity (Wildman–Crippen MR) is 124 cm³/mol. The minimum Gasteiger partial charge on any atom is -0.356 e. The number of hydrogen-bond acceptors (Lipinski definition) is 6. The summed E-state index contributed by atoms with van der Waals surface area (Å²) < 4.78 is 0. The number of anilines is 4. The van der Waals surface area contributed by atoms with E-state index in [1.807, 2.05) is 38.4 Å². The number of likely N-dealkylation sites (N-methyl/N-ethyl adjacent to an activating group) is 1. The zero-order valence-corrected chi connectivity index (χ0v) is 18.8. The van der Waals surface area contributed by atoms with Crippen molar-refractivity contribution in [1.29, 1.82) is 0 Å². The van der Waals surface area contributed by atoms with Crippen LogP contribution in [0.1, 0.15) is 46.2 Å². The molecule has 4 rings (SSSR count). The molecule has 8 nitrogen and oxygen atoms in total. The van der Waals surface area contributed by atoms with E-state index in [1.165, 1.54) is 0 Å². The van der Waals surface area contributed by atoms with E-state index < -0.39 is 0 Å². The average molecular weight is 420 g/mol. The topological polar surface area (TPSA) is 90.0 Å². The lowest BCUT2D eigenvalue weighted by Gasteiger charge is -2.42. The highest BCUT2D eigenvalue weighted by Crippen LogP contribution is 2.39. The van der Waals surface area contributed by atoms with Crippen molar-refractivity contribution in [1.82, 2.24) is 20.2 Å².